The number of hydrogen-bond acceptors (Lipinski definition) is 5. The zero-order valence-corrected chi connectivity index (χ0v) is 17.1. The minimum atomic E-state index is -3.55. The normalized spacial score (nSPS) is 20.6. The number of rotatable bonds is 5. The molecule has 1 unspecified atom stereocenters. The molecule has 0 spiro atoms. The summed E-state index contributed by atoms with van der Waals surface area (Å²) in [6.07, 6.45) is 4.98. The maximum atomic E-state index is 12.9. The number of piperidine rings is 1. The van der Waals surface area contributed by atoms with E-state index in [0.29, 0.717) is 18.5 Å². The lowest BCUT2D eigenvalue weighted by atomic mass is 10.1. The summed E-state index contributed by atoms with van der Waals surface area (Å²) < 4.78 is 33.1. The van der Waals surface area contributed by atoms with Crippen molar-refractivity contribution in [2.75, 3.05) is 26.2 Å². The number of likely N-dealkylation sites (tertiary alicyclic amines) is 1. The average Bonchev–Trinajstić information content (AvgIpc) is 3.24. The number of carbonyl (C=O) groups excluding carboxylic acids is 1. The Hall–Kier alpha value is -2.45. The van der Waals surface area contributed by atoms with Gasteiger partial charge in [-0.3, -0.25) is 4.79 Å². The van der Waals surface area contributed by atoms with Crippen LogP contribution in [0.1, 0.15) is 36.0 Å². The first-order valence-electron chi connectivity index (χ1n) is 10.0. The Balaban J connectivity index is 1.46. The average molecular weight is 416 g/mol. The molecule has 0 bridgehead atoms. The van der Waals surface area contributed by atoms with E-state index in [-0.39, 0.29) is 29.3 Å². The van der Waals surface area contributed by atoms with Gasteiger partial charge in [0.1, 0.15) is 11.7 Å². The highest BCUT2D eigenvalue weighted by Crippen LogP contribution is 2.26. The van der Waals surface area contributed by atoms with Crippen molar-refractivity contribution in [3.05, 3.63) is 54.2 Å². The van der Waals surface area contributed by atoms with Crippen LogP contribution in [0.15, 0.2) is 53.6 Å². The van der Waals surface area contributed by atoms with Crippen LogP contribution in [0, 0.1) is 0 Å². The maximum Gasteiger partial charge on any atom is 0.259 e. The van der Waals surface area contributed by atoms with Crippen LogP contribution >= 0.6 is 0 Å². The molecule has 0 radical (unpaired) electrons. The number of pyridine rings is 1. The molecule has 4 rings (SSSR count). The number of ether oxygens (including phenoxy) is 1. The van der Waals surface area contributed by atoms with Gasteiger partial charge in [-0.05, 0) is 49.9 Å². The van der Waals surface area contributed by atoms with Gasteiger partial charge in [0.2, 0.25) is 15.9 Å². The second-order valence-electron chi connectivity index (χ2n) is 7.41. The van der Waals surface area contributed by atoms with Crippen molar-refractivity contribution in [1.29, 1.82) is 0 Å². The lowest BCUT2D eigenvalue weighted by molar-refractivity contribution is 0.0715. The third kappa shape index (κ3) is 4.28. The standard InChI is InChI=1S/C21H25N3O4S/c25-21(23-13-5-2-6-14-23)19-10-7-12-22-20(19)28-17-11-15-24(16-17)29(26,27)18-8-3-1-4-9-18/h1,3-4,7-10,12,17H,2,5-6,11,13-16H2. The van der Waals surface area contributed by atoms with E-state index < -0.39 is 10.0 Å². The Bertz CT molecular complexity index is 959. The Morgan fingerprint density at radius 3 is 2.52 bits per heavy atom. The highest BCUT2D eigenvalue weighted by atomic mass is 32.2. The second kappa shape index (κ2) is 8.51. The third-order valence-electron chi connectivity index (χ3n) is 5.41. The highest BCUT2D eigenvalue weighted by molar-refractivity contribution is 7.89. The molecule has 3 heterocycles. The van der Waals surface area contributed by atoms with Gasteiger partial charge in [-0.2, -0.15) is 4.31 Å². The van der Waals surface area contributed by atoms with E-state index in [1.54, 1.807) is 48.7 Å². The Kier molecular flexibility index (Phi) is 5.82. The minimum Gasteiger partial charge on any atom is -0.472 e. The molecule has 1 atom stereocenters. The molecule has 154 valence electrons. The van der Waals surface area contributed by atoms with E-state index in [1.807, 2.05) is 4.90 Å². The molecule has 2 fully saturated rings. The van der Waals surface area contributed by atoms with E-state index >= 15 is 0 Å². The molecule has 1 aromatic carbocycles. The summed E-state index contributed by atoms with van der Waals surface area (Å²) in [4.78, 5) is 19.3. The van der Waals surface area contributed by atoms with E-state index in [2.05, 4.69) is 4.98 Å². The van der Waals surface area contributed by atoms with Gasteiger partial charge in [0.05, 0.1) is 11.4 Å². The molecule has 2 aliphatic heterocycles. The quantitative estimate of drug-likeness (QED) is 0.750. The zero-order chi connectivity index (χ0) is 20.3. The molecule has 0 aliphatic carbocycles. The summed E-state index contributed by atoms with van der Waals surface area (Å²) in [5.74, 6) is 0.214. The predicted molar refractivity (Wildman–Crippen MR) is 108 cm³/mol. The largest absolute Gasteiger partial charge is 0.472 e. The van der Waals surface area contributed by atoms with Crippen LogP contribution in [0.5, 0.6) is 5.88 Å². The smallest absolute Gasteiger partial charge is 0.259 e. The summed E-state index contributed by atoms with van der Waals surface area (Å²) >= 11 is 0. The van der Waals surface area contributed by atoms with Gasteiger partial charge < -0.3 is 9.64 Å². The SMILES string of the molecule is O=C(c1cccnc1OC1CCN(S(=O)(=O)c2ccccc2)C1)N1CCCCC1. The van der Waals surface area contributed by atoms with E-state index in [0.717, 1.165) is 32.4 Å². The molecular formula is C21H25N3O4S. The van der Waals surface area contributed by atoms with Crippen LogP contribution in [-0.2, 0) is 10.0 Å². The maximum absolute atomic E-state index is 12.9. The first kappa shape index (κ1) is 19.8. The van der Waals surface area contributed by atoms with Crippen LogP contribution in [-0.4, -0.2) is 60.8 Å². The van der Waals surface area contributed by atoms with Gasteiger partial charge in [-0.25, -0.2) is 13.4 Å². The molecule has 2 saturated heterocycles. The lowest BCUT2D eigenvalue weighted by Crippen LogP contribution is -2.36. The van der Waals surface area contributed by atoms with E-state index in [4.69, 9.17) is 4.74 Å². The van der Waals surface area contributed by atoms with Gasteiger partial charge >= 0.3 is 0 Å². The van der Waals surface area contributed by atoms with Crippen molar-refractivity contribution in [2.45, 2.75) is 36.7 Å². The van der Waals surface area contributed by atoms with Crippen LogP contribution in [0.3, 0.4) is 0 Å². The van der Waals surface area contributed by atoms with E-state index in [9.17, 15) is 13.2 Å². The molecule has 29 heavy (non-hydrogen) atoms. The molecule has 2 aliphatic rings. The van der Waals surface area contributed by atoms with Crippen molar-refractivity contribution < 1.29 is 17.9 Å². The molecule has 1 amide bonds. The second-order valence-corrected chi connectivity index (χ2v) is 9.35. The highest BCUT2D eigenvalue weighted by Gasteiger charge is 2.34. The van der Waals surface area contributed by atoms with Crippen molar-refractivity contribution in [1.82, 2.24) is 14.2 Å². The fourth-order valence-electron chi connectivity index (χ4n) is 3.83. The summed E-state index contributed by atoms with van der Waals surface area (Å²) in [5, 5.41) is 0. The number of aromatic nitrogens is 1. The Morgan fingerprint density at radius 1 is 1.00 bits per heavy atom. The van der Waals surface area contributed by atoms with Crippen molar-refractivity contribution in [3.8, 4) is 5.88 Å². The number of benzene rings is 1. The van der Waals surface area contributed by atoms with Gasteiger partial charge in [0.15, 0.2) is 0 Å². The fraction of sp³-hybridized carbons (Fsp3) is 0.429. The predicted octanol–water partition coefficient (Wildman–Crippen LogP) is 2.55. The van der Waals surface area contributed by atoms with Crippen molar-refractivity contribution in [3.63, 3.8) is 0 Å². The van der Waals surface area contributed by atoms with Gasteiger partial charge in [-0.1, -0.05) is 18.2 Å². The molecule has 0 saturated carbocycles. The van der Waals surface area contributed by atoms with Crippen LogP contribution in [0.4, 0.5) is 0 Å². The van der Waals surface area contributed by atoms with Gasteiger partial charge in [0, 0.05) is 25.8 Å². The molecule has 8 heteroatoms. The van der Waals surface area contributed by atoms with E-state index in [1.165, 1.54) is 4.31 Å². The number of amides is 1. The number of sulfonamides is 1. The van der Waals surface area contributed by atoms with Crippen molar-refractivity contribution in [2.24, 2.45) is 0 Å². The molecule has 7 nitrogen and oxygen atoms in total. The summed E-state index contributed by atoms with van der Waals surface area (Å²) in [6.45, 7) is 2.12. The molecule has 0 N–H and O–H groups in total. The zero-order valence-electron chi connectivity index (χ0n) is 16.2. The Labute approximate surface area is 171 Å². The number of hydrogen-bond donors (Lipinski definition) is 0. The van der Waals surface area contributed by atoms with Crippen LogP contribution in [0.2, 0.25) is 0 Å². The number of nitrogens with zero attached hydrogens (tertiary/aromatic N) is 3. The monoisotopic (exact) mass is 415 g/mol. The molecule has 1 aromatic heterocycles. The topological polar surface area (TPSA) is 79.8 Å². The molecule has 2 aromatic rings. The van der Waals surface area contributed by atoms with Crippen LogP contribution < -0.4 is 4.74 Å². The number of carbonyl (C=O) groups is 1. The van der Waals surface area contributed by atoms with Gasteiger partial charge in [0.25, 0.3) is 5.91 Å². The summed E-state index contributed by atoms with van der Waals surface area (Å²) in [7, 11) is -3.55. The summed E-state index contributed by atoms with van der Waals surface area (Å²) in [5.41, 5.74) is 0.443. The first-order valence-corrected chi connectivity index (χ1v) is 11.5. The summed E-state index contributed by atoms with van der Waals surface area (Å²) in [6, 6.07) is 11.9. The lowest BCUT2D eigenvalue weighted by Gasteiger charge is -2.27. The third-order valence-corrected chi connectivity index (χ3v) is 7.29. The van der Waals surface area contributed by atoms with Crippen LogP contribution in [0.25, 0.3) is 0 Å². The minimum absolute atomic E-state index is 0.0699. The fourth-order valence-corrected chi connectivity index (χ4v) is 5.33. The van der Waals surface area contributed by atoms with Crippen molar-refractivity contribution >= 4 is 15.9 Å². The Morgan fingerprint density at radius 2 is 1.76 bits per heavy atom. The first-order chi connectivity index (χ1) is 14.1. The van der Waals surface area contributed by atoms with Gasteiger partial charge in [-0.15, -0.1) is 0 Å². The molecular weight excluding hydrogens is 390 g/mol.